The maximum Gasteiger partial charge on any atom is 0.261 e. The van der Waals surface area contributed by atoms with Crippen LogP contribution in [0, 0.1) is 0 Å². The molecule has 5 nitrogen and oxygen atoms in total. The van der Waals surface area contributed by atoms with E-state index in [1.165, 1.54) is 0 Å². The van der Waals surface area contributed by atoms with Gasteiger partial charge in [0.2, 0.25) is 0 Å². The predicted molar refractivity (Wildman–Crippen MR) is 85.2 cm³/mol. The number of aromatic nitrogens is 3. The second-order valence-corrected chi connectivity index (χ2v) is 6.00. The molecule has 0 N–H and O–H groups in total. The van der Waals surface area contributed by atoms with Gasteiger partial charge in [-0.2, -0.15) is 5.10 Å². The topological polar surface area (TPSA) is 42.5 Å². The summed E-state index contributed by atoms with van der Waals surface area (Å²) in [5, 5.41) is 4.36. The molecule has 1 aliphatic heterocycles. The van der Waals surface area contributed by atoms with Gasteiger partial charge in [0.05, 0.1) is 17.8 Å². The second kappa shape index (κ2) is 4.73. The van der Waals surface area contributed by atoms with E-state index in [4.69, 9.17) is 0 Å². The first kappa shape index (κ1) is 13.1. The Labute approximate surface area is 128 Å². The Hall–Kier alpha value is -2.56. The van der Waals surface area contributed by atoms with Crippen LogP contribution in [0.1, 0.15) is 36.7 Å². The molecule has 4 rings (SSSR count). The lowest BCUT2D eigenvalue weighted by Crippen LogP contribution is -2.44. The van der Waals surface area contributed by atoms with E-state index in [2.05, 4.69) is 18.9 Å². The van der Waals surface area contributed by atoms with Gasteiger partial charge >= 0.3 is 0 Å². The zero-order valence-corrected chi connectivity index (χ0v) is 12.7. The fourth-order valence-electron chi connectivity index (χ4n) is 3.38. The number of hydrogen-bond donors (Lipinski definition) is 0. The highest BCUT2D eigenvalue weighted by atomic mass is 16.2. The average Bonchev–Trinajstić information content (AvgIpc) is 3.13. The normalized spacial score (nSPS) is 21.1. The molecule has 0 radical (unpaired) electrons. The fraction of sp³-hybridized carbons (Fsp3) is 0.294. The third kappa shape index (κ3) is 1.85. The van der Waals surface area contributed by atoms with Crippen LogP contribution < -0.4 is 4.90 Å². The van der Waals surface area contributed by atoms with Crippen LogP contribution in [-0.4, -0.2) is 26.1 Å². The van der Waals surface area contributed by atoms with Gasteiger partial charge in [0, 0.05) is 30.0 Å². The van der Waals surface area contributed by atoms with E-state index in [1.807, 2.05) is 56.7 Å². The zero-order valence-electron chi connectivity index (χ0n) is 12.7. The third-order valence-electron chi connectivity index (χ3n) is 4.41. The Kier molecular flexibility index (Phi) is 2.82. The molecule has 112 valence electrons. The molecule has 0 saturated heterocycles. The quantitative estimate of drug-likeness (QED) is 0.692. The smallest absolute Gasteiger partial charge is 0.261 e. The van der Waals surface area contributed by atoms with E-state index in [9.17, 15) is 4.79 Å². The molecule has 1 aliphatic rings. The summed E-state index contributed by atoms with van der Waals surface area (Å²) in [5.41, 5.74) is 1.73. The van der Waals surface area contributed by atoms with Crippen LogP contribution in [-0.2, 0) is 0 Å². The lowest BCUT2D eigenvalue weighted by atomic mass is 10.0. The number of pyridine rings is 1. The van der Waals surface area contributed by atoms with Gasteiger partial charge in [-0.25, -0.2) is 4.68 Å². The molecule has 22 heavy (non-hydrogen) atoms. The van der Waals surface area contributed by atoms with Gasteiger partial charge < -0.3 is 4.40 Å². The molecule has 5 heteroatoms. The summed E-state index contributed by atoms with van der Waals surface area (Å²) < 4.78 is 3.91. The predicted octanol–water partition coefficient (Wildman–Crippen LogP) is 3.14. The first-order valence-electron chi connectivity index (χ1n) is 7.59. The molecule has 3 aromatic heterocycles. The molecule has 0 unspecified atom stereocenters. The van der Waals surface area contributed by atoms with Crippen LogP contribution in [0.4, 0.5) is 5.82 Å². The Morgan fingerprint density at radius 1 is 1.23 bits per heavy atom. The molecule has 0 aromatic carbocycles. The second-order valence-electron chi connectivity index (χ2n) is 6.00. The van der Waals surface area contributed by atoms with Gasteiger partial charge in [0.1, 0.15) is 5.82 Å². The van der Waals surface area contributed by atoms with Gasteiger partial charge in [-0.3, -0.25) is 9.69 Å². The molecule has 0 bridgehead atoms. The third-order valence-corrected chi connectivity index (χ3v) is 4.41. The molecule has 0 aliphatic carbocycles. The summed E-state index contributed by atoms with van der Waals surface area (Å²) in [6.45, 7) is 4.24. The Morgan fingerprint density at radius 2 is 2.09 bits per heavy atom. The molecule has 0 spiro atoms. The number of rotatable bonds is 1. The minimum atomic E-state index is 0.0323. The Morgan fingerprint density at radius 3 is 2.91 bits per heavy atom. The number of hydrogen-bond acceptors (Lipinski definition) is 2. The summed E-state index contributed by atoms with van der Waals surface area (Å²) >= 11 is 0. The van der Waals surface area contributed by atoms with E-state index in [-0.39, 0.29) is 11.9 Å². The van der Waals surface area contributed by atoms with Crippen molar-refractivity contribution >= 4 is 17.2 Å². The lowest BCUT2D eigenvalue weighted by molar-refractivity contribution is 0.0967. The fourth-order valence-corrected chi connectivity index (χ4v) is 3.38. The summed E-state index contributed by atoms with van der Waals surface area (Å²) in [6, 6.07) is 10.3. The standard InChI is InChI=1S/C17H18N4O/c1-12-9-13(2)21-16(6-7-18-21)20(12)17(22)14-10-15-5-3-4-8-19(15)11-14/h3-8,10-13H,9H2,1-2H3/t12-,13-/m1/s1. The van der Waals surface area contributed by atoms with Crippen molar-refractivity contribution in [1.82, 2.24) is 14.2 Å². The molecule has 0 fully saturated rings. The van der Waals surface area contributed by atoms with Crippen molar-refractivity contribution in [3.63, 3.8) is 0 Å². The average molecular weight is 294 g/mol. The van der Waals surface area contributed by atoms with E-state index < -0.39 is 0 Å². The molecule has 4 heterocycles. The molecule has 1 amide bonds. The maximum absolute atomic E-state index is 13.0. The molecular formula is C17H18N4O. The molecule has 0 saturated carbocycles. The Bertz CT molecular complexity index is 814. The van der Waals surface area contributed by atoms with Crippen LogP contribution in [0.3, 0.4) is 0 Å². The van der Waals surface area contributed by atoms with E-state index in [0.717, 1.165) is 17.8 Å². The highest BCUT2D eigenvalue weighted by molar-refractivity contribution is 6.07. The Balaban J connectivity index is 1.77. The van der Waals surface area contributed by atoms with E-state index >= 15 is 0 Å². The summed E-state index contributed by atoms with van der Waals surface area (Å²) in [6.07, 6.45) is 6.52. The van der Waals surface area contributed by atoms with Crippen molar-refractivity contribution in [2.75, 3.05) is 4.90 Å². The number of carbonyl (C=O) groups excluding carboxylic acids is 1. The zero-order chi connectivity index (χ0) is 15.3. The minimum absolute atomic E-state index is 0.0323. The lowest BCUT2D eigenvalue weighted by Gasteiger charge is -2.36. The van der Waals surface area contributed by atoms with Crippen molar-refractivity contribution < 1.29 is 4.79 Å². The highest BCUT2D eigenvalue weighted by Gasteiger charge is 2.33. The van der Waals surface area contributed by atoms with Crippen LogP contribution >= 0.6 is 0 Å². The molecular weight excluding hydrogens is 276 g/mol. The summed E-state index contributed by atoms with van der Waals surface area (Å²) in [7, 11) is 0. The largest absolute Gasteiger partial charge is 0.323 e. The first-order chi connectivity index (χ1) is 10.6. The van der Waals surface area contributed by atoms with Gasteiger partial charge in [-0.15, -0.1) is 0 Å². The highest BCUT2D eigenvalue weighted by Crippen LogP contribution is 2.32. The number of amides is 1. The van der Waals surface area contributed by atoms with Crippen molar-refractivity contribution in [2.24, 2.45) is 0 Å². The summed E-state index contributed by atoms with van der Waals surface area (Å²) in [5.74, 6) is 0.913. The monoisotopic (exact) mass is 294 g/mol. The van der Waals surface area contributed by atoms with Crippen LogP contribution in [0.5, 0.6) is 0 Å². The number of fused-ring (bicyclic) bond motifs is 2. The van der Waals surface area contributed by atoms with Crippen LogP contribution in [0.25, 0.3) is 5.52 Å². The van der Waals surface area contributed by atoms with Gasteiger partial charge in [-0.05, 0) is 38.5 Å². The summed E-state index contributed by atoms with van der Waals surface area (Å²) in [4.78, 5) is 14.9. The van der Waals surface area contributed by atoms with E-state index in [0.29, 0.717) is 11.6 Å². The van der Waals surface area contributed by atoms with Gasteiger partial charge in [0.15, 0.2) is 0 Å². The van der Waals surface area contributed by atoms with Gasteiger partial charge in [0.25, 0.3) is 5.91 Å². The number of anilines is 1. The van der Waals surface area contributed by atoms with E-state index in [1.54, 1.807) is 6.20 Å². The van der Waals surface area contributed by atoms with Crippen molar-refractivity contribution in [2.45, 2.75) is 32.4 Å². The first-order valence-corrected chi connectivity index (χ1v) is 7.59. The molecule has 2 atom stereocenters. The minimum Gasteiger partial charge on any atom is -0.323 e. The van der Waals surface area contributed by atoms with Crippen molar-refractivity contribution in [1.29, 1.82) is 0 Å². The van der Waals surface area contributed by atoms with Crippen molar-refractivity contribution in [3.05, 3.63) is 54.5 Å². The van der Waals surface area contributed by atoms with Crippen molar-refractivity contribution in [3.8, 4) is 0 Å². The number of nitrogens with zero attached hydrogens (tertiary/aromatic N) is 4. The van der Waals surface area contributed by atoms with Crippen LogP contribution in [0.15, 0.2) is 48.9 Å². The SMILES string of the molecule is C[C@@H]1C[C@@H](C)n2nccc2N1C(=O)c1cc2ccccn2c1. The van der Waals surface area contributed by atoms with Crippen LogP contribution in [0.2, 0.25) is 0 Å². The molecule has 3 aromatic rings. The number of carbonyl (C=O) groups is 1. The van der Waals surface area contributed by atoms with Gasteiger partial charge in [-0.1, -0.05) is 6.07 Å². The maximum atomic E-state index is 13.0.